The number of hydrogen-bond donors (Lipinski definition) is 0. The molecule has 0 fully saturated rings. The number of hydrogen-bond acceptors (Lipinski definition) is 2. The maximum Gasteiger partial charge on any atom is 0.153 e. The number of fused-ring (bicyclic) bond motifs is 2. The number of rotatable bonds is 0. The topological polar surface area (TPSA) is 21.6 Å². The summed E-state index contributed by atoms with van der Waals surface area (Å²) >= 11 is 5.92. The van der Waals surface area contributed by atoms with E-state index in [1.54, 1.807) is 6.21 Å². The van der Waals surface area contributed by atoms with E-state index in [0.717, 1.165) is 22.7 Å². The Labute approximate surface area is 98.2 Å². The van der Waals surface area contributed by atoms with Gasteiger partial charge in [-0.15, -0.1) is 0 Å². The normalized spacial score (nSPS) is 12.3. The van der Waals surface area contributed by atoms with Gasteiger partial charge in [0.05, 0.1) is 0 Å². The van der Waals surface area contributed by atoms with Gasteiger partial charge in [-0.1, -0.05) is 23.7 Å². The lowest BCUT2D eigenvalue weighted by molar-refractivity contribution is 0.485. The highest BCUT2D eigenvalue weighted by Crippen LogP contribution is 2.36. The van der Waals surface area contributed by atoms with Crippen molar-refractivity contribution in [1.82, 2.24) is 0 Å². The average Bonchev–Trinajstić information content (AvgIpc) is 2.48. The number of halogens is 1. The van der Waals surface area contributed by atoms with E-state index in [4.69, 9.17) is 16.3 Å². The Bertz CT molecular complexity index is 578. The van der Waals surface area contributed by atoms with Crippen molar-refractivity contribution in [1.29, 1.82) is 0 Å². The van der Waals surface area contributed by atoms with Crippen LogP contribution in [0.15, 0.2) is 47.5 Å². The Hall–Kier alpha value is -1.80. The summed E-state index contributed by atoms with van der Waals surface area (Å²) < 4.78 is 5.77. The van der Waals surface area contributed by atoms with Crippen LogP contribution in [0.5, 0.6) is 11.5 Å². The summed E-state index contributed by atoms with van der Waals surface area (Å²) in [5.74, 6) is 1.54. The lowest BCUT2D eigenvalue weighted by Crippen LogP contribution is -1.87. The van der Waals surface area contributed by atoms with Crippen LogP contribution in [0.2, 0.25) is 5.02 Å². The molecule has 0 N–H and O–H groups in total. The Morgan fingerprint density at radius 3 is 2.81 bits per heavy atom. The fourth-order valence-corrected chi connectivity index (χ4v) is 1.80. The summed E-state index contributed by atoms with van der Waals surface area (Å²) in [6.45, 7) is 0. The third-order valence-electron chi connectivity index (χ3n) is 2.40. The first-order valence-electron chi connectivity index (χ1n) is 4.93. The number of para-hydroxylation sites is 2. The van der Waals surface area contributed by atoms with Crippen molar-refractivity contribution in [2.24, 2.45) is 4.99 Å². The molecule has 1 heterocycles. The summed E-state index contributed by atoms with van der Waals surface area (Å²) in [6.07, 6.45) is 1.77. The number of nitrogens with zero attached hydrogens (tertiary/aromatic N) is 1. The first-order chi connectivity index (χ1) is 7.83. The molecule has 3 heteroatoms. The van der Waals surface area contributed by atoms with E-state index in [0.29, 0.717) is 5.02 Å². The molecular weight excluding hydrogens is 222 g/mol. The minimum absolute atomic E-state index is 0.680. The van der Waals surface area contributed by atoms with Gasteiger partial charge in [-0.2, -0.15) is 0 Å². The molecule has 0 amide bonds. The largest absolute Gasteiger partial charge is 0.454 e. The highest BCUT2D eigenvalue weighted by Gasteiger charge is 2.10. The molecule has 1 aliphatic heterocycles. The van der Waals surface area contributed by atoms with E-state index in [9.17, 15) is 0 Å². The Balaban J connectivity index is 2.17. The molecule has 0 spiro atoms. The molecule has 0 saturated carbocycles. The summed E-state index contributed by atoms with van der Waals surface area (Å²) in [7, 11) is 0. The third-order valence-corrected chi connectivity index (χ3v) is 2.63. The molecule has 0 aliphatic carbocycles. The molecule has 2 aromatic carbocycles. The zero-order valence-corrected chi connectivity index (χ0v) is 9.11. The van der Waals surface area contributed by atoms with Gasteiger partial charge >= 0.3 is 0 Å². The molecule has 2 nitrogen and oxygen atoms in total. The Kier molecular flexibility index (Phi) is 2.15. The van der Waals surface area contributed by atoms with Gasteiger partial charge in [-0.05, 0) is 30.3 Å². The van der Waals surface area contributed by atoms with Crippen molar-refractivity contribution in [3.05, 3.63) is 53.1 Å². The molecular formula is C13H8ClNO. The first-order valence-corrected chi connectivity index (χ1v) is 5.31. The van der Waals surface area contributed by atoms with Gasteiger partial charge in [0.2, 0.25) is 0 Å². The van der Waals surface area contributed by atoms with Crippen LogP contribution >= 0.6 is 11.6 Å². The highest BCUT2D eigenvalue weighted by atomic mass is 35.5. The predicted molar refractivity (Wildman–Crippen MR) is 65.2 cm³/mol. The molecule has 0 radical (unpaired) electrons. The van der Waals surface area contributed by atoms with Crippen molar-refractivity contribution < 1.29 is 4.74 Å². The van der Waals surface area contributed by atoms with Gasteiger partial charge in [0.1, 0.15) is 11.4 Å². The van der Waals surface area contributed by atoms with Crippen molar-refractivity contribution >= 4 is 23.5 Å². The number of aliphatic imine (C=N–C) groups is 1. The van der Waals surface area contributed by atoms with Gasteiger partial charge < -0.3 is 4.74 Å². The maximum absolute atomic E-state index is 5.92. The number of benzene rings is 2. The molecule has 2 aromatic rings. The van der Waals surface area contributed by atoms with Crippen LogP contribution in [0.1, 0.15) is 5.56 Å². The average molecular weight is 230 g/mol. The van der Waals surface area contributed by atoms with E-state index >= 15 is 0 Å². The number of ether oxygens (including phenoxy) is 1. The van der Waals surface area contributed by atoms with Crippen molar-refractivity contribution in [2.75, 3.05) is 0 Å². The van der Waals surface area contributed by atoms with Gasteiger partial charge in [0, 0.05) is 16.8 Å². The van der Waals surface area contributed by atoms with Gasteiger partial charge in [-0.25, -0.2) is 0 Å². The summed E-state index contributed by atoms with van der Waals surface area (Å²) in [6, 6.07) is 13.2. The van der Waals surface area contributed by atoms with E-state index in [1.165, 1.54) is 0 Å². The van der Waals surface area contributed by atoms with Crippen LogP contribution in [0.25, 0.3) is 0 Å². The highest BCUT2D eigenvalue weighted by molar-refractivity contribution is 6.31. The molecule has 0 aromatic heterocycles. The van der Waals surface area contributed by atoms with Crippen LogP contribution < -0.4 is 4.74 Å². The summed E-state index contributed by atoms with van der Waals surface area (Å²) in [5, 5.41) is 0.680. The van der Waals surface area contributed by atoms with Gasteiger partial charge in [0.25, 0.3) is 0 Å². The quantitative estimate of drug-likeness (QED) is 0.566. The van der Waals surface area contributed by atoms with E-state index in [2.05, 4.69) is 4.99 Å². The smallest absolute Gasteiger partial charge is 0.153 e. The van der Waals surface area contributed by atoms with Crippen molar-refractivity contribution in [2.45, 2.75) is 0 Å². The second-order valence-electron chi connectivity index (χ2n) is 3.51. The Morgan fingerprint density at radius 1 is 1.00 bits per heavy atom. The zero-order chi connectivity index (χ0) is 11.0. The minimum Gasteiger partial charge on any atom is -0.454 e. The monoisotopic (exact) mass is 229 g/mol. The van der Waals surface area contributed by atoms with Crippen molar-refractivity contribution in [3.63, 3.8) is 0 Å². The lowest BCUT2D eigenvalue weighted by atomic mass is 10.2. The Morgan fingerprint density at radius 2 is 1.88 bits per heavy atom. The van der Waals surface area contributed by atoms with Crippen LogP contribution in [0.4, 0.5) is 5.69 Å². The van der Waals surface area contributed by atoms with Crippen LogP contribution in [-0.2, 0) is 0 Å². The molecule has 78 valence electrons. The zero-order valence-electron chi connectivity index (χ0n) is 8.35. The second-order valence-corrected chi connectivity index (χ2v) is 3.95. The summed E-state index contributed by atoms with van der Waals surface area (Å²) in [4.78, 5) is 4.36. The molecule has 0 saturated heterocycles. The second kappa shape index (κ2) is 3.65. The van der Waals surface area contributed by atoms with Gasteiger partial charge in [0.15, 0.2) is 5.75 Å². The van der Waals surface area contributed by atoms with Gasteiger partial charge in [-0.3, -0.25) is 4.99 Å². The molecule has 1 aliphatic rings. The van der Waals surface area contributed by atoms with E-state index < -0.39 is 0 Å². The maximum atomic E-state index is 5.92. The molecule has 0 unspecified atom stereocenters. The fourth-order valence-electron chi connectivity index (χ4n) is 1.62. The third kappa shape index (κ3) is 1.57. The van der Waals surface area contributed by atoms with Crippen LogP contribution in [0, 0.1) is 0 Å². The SMILES string of the molecule is Clc1ccc2c(c1)C=Nc1ccccc1O2. The predicted octanol–water partition coefficient (Wildman–Crippen LogP) is 4.20. The molecule has 0 atom stereocenters. The van der Waals surface area contributed by atoms with Crippen LogP contribution in [-0.4, -0.2) is 6.21 Å². The minimum atomic E-state index is 0.680. The van der Waals surface area contributed by atoms with Crippen LogP contribution in [0.3, 0.4) is 0 Å². The lowest BCUT2D eigenvalue weighted by Gasteiger charge is -2.07. The van der Waals surface area contributed by atoms with E-state index in [-0.39, 0.29) is 0 Å². The first kappa shape index (κ1) is 9.43. The molecule has 16 heavy (non-hydrogen) atoms. The standard InChI is InChI=1S/C13H8ClNO/c14-10-5-6-12-9(7-10)8-15-11-3-1-2-4-13(11)16-12/h1-8H. The summed E-state index contributed by atoms with van der Waals surface area (Å²) in [5.41, 5.74) is 1.72. The van der Waals surface area contributed by atoms with Crippen molar-refractivity contribution in [3.8, 4) is 11.5 Å². The molecule has 0 bridgehead atoms. The molecule has 3 rings (SSSR count). The van der Waals surface area contributed by atoms with E-state index in [1.807, 2.05) is 42.5 Å². The fraction of sp³-hybridized carbons (Fsp3) is 0.